The molecule has 1 saturated carbocycles. The van der Waals surface area contributed by atoms with Gasteiger partial charge in [-0.3, -0.25) is 4.99 Å². The van der Waals surface area contributed by atoms with Crippen molar-refractivity contribution in [3.05, 3.63) is 53.1 Å². The van der Waals surface area contributed by atoms with E-state index in [1.165, 1.54) is 5.56 Å². The van der Waals surface area contributed by atoms with E-state index in [4.69, 9.17) is 26.8 Å². The number of nitrogens with two attached hydrogens (primary N) is 1. The number of anilines is 1. The highest BCUT2D eigenvalue weighted by molar-refractivity contribution is 6.30. The van der Waals surface area contributed by atoms with Crippen LogP contribution in [0.4, 0.5) is 5.69 Å². The maximum Gasteiger partial charge on any atom is 0.193 e. The number of hydrogen-bond donors (Lipinski definition) is 2. The predicted molar refractivity (Wildman–Crippen MR) is 102 cm³/mol. The number of aliphatic imine (C=N–C) groups is 1. The van der Waals surface area contributed by atoms with Gasteiger partial charge in [0.25, 0.3) is 0 Å². The lowest BCUT2D eigenvalue weighted by Crippen LogP contribution is -2.25. The Morgan fingerprint density at radius 2 is 2.00 bits per heavy atom. The number of guanidine groups is 1. The van der Waals surface area contributed by atoms with Crippen molar-refractivity contribution in [2.24, 2.45) is 10.7 Å². The first-order valence-corrected chi connectivity index (χ1v) is 8.49. The van der Waals surface area contributed by atoms with Crippen molar-refractivity contribution >= 4 is 23.2 Å². The third-order valence-electron chi connectivity index (χ3n) is 4.51. The Bertz CT molecular complexity index is 788. The Morgan fingerprint density at radius 1 is 1.20 bits per heavy atom. The Labute approximate surface area is 152 Å². The van der Waals surface area contributed by atoms with Crippen LogP contribution in [0.25, 0.3) is 0 Å². The van der Waals surface area contributed by atoms with Crippen LogP contribution in [0.5, 0.6) is 11.5 Å². The number of methoxy groups -OCH3 is 2. The fourth-order valence-electron chi connectivity index (χ4n) is 2.83. The Morgan fingerprint density at radius 3 is 2.64 bits per heavy atom. The van der Waals surface area contributed by atoms with Crippen molar-refractivity contribution in [2.45, 2.75) is 18.3 Å². The van der Waals surface area contributed by atoms with E-state index in [1.807, 2.05) is 36.4 Å². The highest BCUT2D eigenvalue weighted by Crippen LogP contribution is 2.48. The molecule has 0 saturated heterocycles. The molecule has 6 heteroatoms. The number of rotatable bonds is 6. The molecular formula is C19H22ClN3O2. The lowest BCUT2D eigenvalue weighted by atomic mass is 9.96. The maximum atomic E-state index is 6.11. The van der Waals surface area contributed by atoms with Gasteiger partial charge in [-0.1, -0.05) is 23.7 Å². The summed E-state index contributed by atoms with van der Waals surface area (Å²) < 4.78 is 10.6. The van der Waals surface area contributed by atoms with Gasteiger partial charge in [-0.2, -0.15) is 0 Å². The molecule has 3 rings (SSSR count). The van der Waals surface area contributed by atoms with Crippen LogP contribution in [0.2, 0.25) is 5.02 Å². The molecule has 1 aliphatic carbocycles. The van der Waals surface area contributed by atoms with Gasteiger partial charge >= 0.3 is 0 Å². The maximum absolute atomic E-state index is 6.11. The van der Waals surface area contributed by atoms with Gasteiger partial charge < -0.3 is 20.5 Å². The van der Waals surface area contributed by atoms with Crippen LogP contribution >= 0.6 is 11.6 Å². The molecule has 0 radical (unpaired) electrons. The standard InChI is InChI=1S/C19H22ClN3O2/c1-24-15-6-7-17(25-2)16(11-15)23-18(21)22-12-19(8-9-19)13-4-3-5-14(20)10-13/h3-7,10-11H,8-9,12H2,1-2H3,(H3,21,22,23). The minimum atomic E-state index is 0.0513. The summed E-state index contributed by atoms with van der Waals surface area (Å²) in [4.78, 5) is 4.53. The summed E-state index contributed by atoms with van der Waals surface area (Å²) in [7, 11) is 3.23. The Balaban J connectivity index is 1.73. The van der Waals surface area contributed by atoms with Gasteiger partial charge in [0.1, 0.15) is 11.5 Å². The van der Waals surface area contributed by atoms with Crippen LogP contribution in [-0.2, 0) is 5.41 Å². The van der Waals surface area contributed by atoms with E-state index < -0.39 is 0 Å². The molecule has 0 heterocycles. The van der Waals surface area contributed by atoms with Gasteiger partial charge in [0.2, 0.25) is 0 Å². The molecule has 0 spiro atoms. The second-order valence-electron chi connectivity index (χ2n) is 6.18. The molecule has 0 aromatic heterocycles. The summed E-state index contributed by atoms with van der Waals surface area (Å²) in [5.41, 5.74) is 8.07. The van der Waals surface area contributed by atoms with Crippen molar-refractivity contribution in [3.8, 4) is 11.5 Å². The highest BCUT2D eigenvalue weighted by atomic mass is 35.5. The first-order valence-electron chi connectivity index (χ1n) is 8.11. The van der Waals surface area contributed by atoms with Crippen molar-refractivity contribution < 1.29 is 9.47 Å². The van der Waals surface area contributed by atoms with E-state index in [1.54, 1.807) is 14.2 Å². The van der Waals surface area contributed by atoms with Crippen molar-refractivity contribution in [1.29, 1.82) is 0 Å². The monoisotopic (exact) mass is 359 g/mol. The summed E-state index contributed by atoms with van der Waals surface area (Å²) >= 11 is 6.11. The summed E-state index contributed by atoms with van der Waals surface area (Å²) in [5.74, 6) is 1.74. The summed E-state index contributed by atoms with van der Waals surface area (Å²) in [5, 5.41) is 3.85. The van der Waals surface area contributed by atoms with Gasteiger partial charge in [-0.15, -0.1) is 0 Å². The minimum Gasteiger partial charge on any atom is -0.497 e. The zero-order chi connectivity index (χ0) is 17.9. The topological polar surface area (TPSA) is 68.9 Å². The summed E-state index contributed by atoms with van der Waals surface area (Å²) in [6.45, 7) is 0.623. The number of halogens is 1. The molecule has 2 aromatic carbocycles. The largest absolute Gasteiger partial charge is 0.497 e. The van der Waals surface area contributed by atoms with Crippen LogP contribution < -0.4 is 20.5 Å². The third kappa shape index (κ3) is 3.99. The van der Waals surface area contributed by atoms with Crippen molar-refractivity contribution in [3.63, 3.8) is 0 Å². The molecule has 1 fully saturated rings. The zero-order valence-electron chi connectivity index (χ0n) is 14.4. The molecule has 0 aliphatic heterocycles. The van der Waals surface area contributed by atoms with E-state index in [2.05, 4.69) is 16.4 Å². The second-order valence-corrected chi connectivity index (χ2v) is 6.62. The lowest BCUT2D eigenvalue weighted by Gasteiger charge is -2.15. The SMILES string of the molecule is COc1ccc(OC)c(NC(N)=NCC2(c3cccc(Cl)c3)CC2)c1. The molecule has 3 N–H and O–H groups in total. The van der Waals surface area contributed by atoms with E-state index in [9.17, 15) is 0 Å². The molecule has 1 aliphatic rings. The average Bonchev–Trinajstić information content (AvgIpc) is 3.41. The van der Waals surface area contributed by atoms with Gasteiger partial charge in [0, 0.05) is 16.5 Å². The van der Waals surface area contributed by atoms with Gasteiger partial charge in [0.15, 0.2) is 5.96 Å². The molecular weight excluding hydrogens is 338 g/mol. The molecule has 0 bridgehead atoms. The van der Waals surface area contributed by atoms with E-state index in [0.717, 1.165) is 23.6 Å². The molecule has 0 amide bonds. The smallest absolute Gasteiger partial charge is 0.193 e. The predicted octanol–water partition coefficient (Wildman–Crippen LogP) is 3.82. The minimum absolute atomic E-state index is 0.0513. The molecule has 5 nitrogen and oxygen atoms in total. The molecule has 132 valence electrons. The van der Waals surface area contributed by atoms with Crippen LogP contribution in [0.3, 0.4) is 0 Å². The Kier molecular flexibility index (Phi) is 5.04. The van der Waals surface area contributed by atoms with Crippen molar-refractivity contribution in [1.82, 2.24) is 0 Å². The quantitative estimate of drug-likeness (QED) is 0.607. The second kappa shape index (κ2) is 7.23. The highest BCUT2D eigenvalue weighted by Gasteiger charge is 2.44. The summed E-state index contributed by atoms with van der Waals surface area (Å²) in [6.07, 6.45) is 2.18. The first kappa shape index (κ1) is 17.4. The van der Waals surface area contributed by atoms with Crippen LogP contribution in [-0.4, -0.2) is 26.7 Å². The van der Waals surface area contributed by atoms with E-state index in [-0.39, 0.29) is 5.41 Å². The molecule has 0 atom stereocenters. The Hall–Kier alpha value is -2.40. The van der Waals surface area contributed by atoms with Crippen LogP contribution in [0.15, 0.2) is 47.5 Å². The van der Waals surface area contributed by atoms with E-state index >= 15 is 0 Å². The number of benzene rings is 2. The van der Waals surface area contributed by atoms with E-state index in [0.29, 0.717) is 24.0 Å². The zero-order valence-corrected chi connectivity index (χ0v) is 15.1. The normalized spacial score (nSPS) is 15.6. The summed E-state index contributed by atoms with van der Waals surface area (Å²) in [6, 6.07) is 13.4. The molecule has 2 aromatic rings. The number of ether oxygens (including phenoxy) is 2. The lowest BCUT2D eigenvalue weighted by molar-refractivity contribution is 0.405. The van der Waals surface area contributed by atoms with Crippen LogP contribution in [0, 0.1) is 0 Å². The fraction of sp³-hybridized carbons (Fsp3) is 0.316. The number of nitrogens with one attached hydrogen (secondary N) is 1. The van der Waals surface area contributed by atoms with Crippen molar-refractivity contribution in [2.75, 3.05) is 26.1 Å². The molecule has 0 unspecified atom stereocenters. The van der Waals surface area contributed by atoms with Gasteiger partial charge in [-0.25, -0.2) is 0 Å². The average molecular weight is 360 g/mol. The first-order chi connectivity index (χ1) is 12.1. The van der Waals surface area contributed by atoms with Gasteiger partial charge in [-0.05, 0) is 42.7 Å². The fourth-order valence-corrected chi connectivity index (χ4v) is 3.02. The van der Waals surface area contributed by atoms with Gasteiger partial charge in [0.05, 0.1) is 26.5 Å². The van der Waals surface area contributed by atoms with Crippen LogP contribution in [0.1, 0.15) is 18.4 Å². The number of nitrogens with zero attached hydrogens (tertiary/aromatic N) is 1. The molecule has 25 heavy (non-hydrogen) atoms. The third-order valence-corrected chi connectivity index (χ3v) is 4.75. The number of hydrogen-bond acceptors (Lipinski definition) is 3.